The minimum atomic E-state index is -1.04. The number of carboxylic acids is 1. The van der Waals surface area contributed by atoms with E-state index in [1.807, 2.05) is 20.8 Å². The first-order valence-corrected chi connectivity index (χ1v) is 9.94. The number of nitrogens with one attached hydrogen (secondary N) is 1. The SMILES string of the molecule is CC(C)[C@H]1C(=O)N2C(C(=O)O)=C(S[C@@H]3CN[C@H](C(=O)N(C)C)C3)[C@H](C)[C@H]12. The normalized spacial score (nSPS) is 33.5. The smallest absolute Gasteiger partial charge is 0.353 e. The maximum absolute atomic E-state index is 12.5. The molecule has 3 aliphatic heterocycles. The van der Waals surface area contributed by atoms with Crippen molar-refractivity contribution in [3.8, 4) is 0 Å². The Balaban J connectivity index is 1.78. The molecule has 2 fully saturated rings. The van der Waals surface area contributed by atoms with Crippen LogP contribution in [0.2, 0.25) is 0 Å². The standard InChI is InChI=1S/C18H27N3O4S/c1-8(2)12-13-9(3)15(14(18(24)25)21(13)17(12)23)26-10-6-11(19-7-10)16(22)20(4)5/h8-13,19H,6-7H2,1-5H3,(H,24,25)/t9-,10+,11+,12-,13-/m1/s1. The van der Waals surface area contributed by atoms with Gasteiger partial charge in [0.1, 0.15) is 5.70 Å². The zero-order chi connectivity index (χ0) is 19.3. The first-order valence-electron chi connectivity index (χ1n) is 9.06. The largest absolute Gasteiger partial charge is 0.477 e. The van der Waals surface area contributed by atoms with Gasteiger partial charge in [-0.05, 0) is 12.3 Å². The van der Waals surface area contributed by atoms with Gasteiger partial charge >= 0.3 is 5.97 Å². The highest BCUT2D eigenvalue weighted by Crippen LogP contribution is 2.52. The summed E-state index contributed by atoms with van der Waals surface area (Å²) in [5.74, 6) is -0.971. The number of thioether (sulfide) groups is 1. The number of β-lactam (4-membered cyclic amide) rings is 1. The summed E-state index contributed by atoms with van der Waals surface area (Å²) >= 11 is 1.53. The Morgan fingerprint density at radius 2 is 2.00 bits per heavy atom. The number of likely N-dealkylation sites (N-methyl/N-ethyl adjacent to an activating group) is 1. The first kappa shape index (κ1) is 19.2. The Hall–Kier alpha value is -1.54. The zero-order valence-electron chi connectivity index (χ0n) is 15.9. The molecule has 2 amide bonds. The summed E-state index contributed by atoms with van der Waals surface area (Å²) in [6.45, 7) is 6.69. The molecule has 0 aromatic rings. The third-order valence-corrected chi connectivity index (χ3v) is 7.14. The van der Waals surface area contributed by atoms with E-state index in [2.05, 4.69) is 5.32 Å². The fraction of sp³-hybridized carbons (Fsp3) is 0.722. The Morgan fingerprint density at radius 1 is 1.35 bits per heavy atom. The van der Waals surface area contributed by atoms with Crippen molar-refractivity contribution in [2.24, 2.45) is 17.8 Å². The lowest BCUT2D eigenvalue weighted by molar-refractivity contribution is -0.159. The number of hydrogen-bond donors (Lipinski definition) is 2. The fourth-order valence-electron chi connectivity index (χ4n) is 4.34. The van der Waals surface area contributed by atoms with Crippen LogP contribution in [0.5, 0.6) is 0 Å². The molecule has 8 heteroatoms. The van der Waals surface area contributed by atoms with Crippen molar-refractivity contribution in [2.45, 2.75) is 44.5 Å². The van der Waals surface area contributed by atoms with Crippen LogP contribution >= 0.6 is 11.8 Å². The molecule has 7 nitrogen and oxygen atoms in total. The fourth-order valence-corrected chi connectivity index (χ4v) is 5.82. The molecule has 3 aliphatic rings. The maximum atomic E-state index is 12.5. The average molecular weight is 381 g/mol. The molecule has 3 rings (SSSR count). The van der Waals surface area contributed by atoms with Crippen molar-refractivity contribution in [2.75, 3.05) is 20.6 Å². The second kappa shape index (κ2) is 6.88. The van der Waals surface area contributed by atoms with Crippen LogP contribution in [0.1, 0.15) is 27.2 Å². The van der Waals surface area contributed by atoms with Crippen molar-refractivity contribution in [1.29, 1.82) is 0 Å². The number of nitrogens with zero attached hydrogens (tertiary/aromatic N) is 2. The van der Waals surface area contributed by atoms with Crippen LogP contribution in [0.3, 0.4) is 0 Å². The number of carbonyl (C=O) groups excluding carboxylic acids is 2. The molecule has 0 saturated carbocycles. The highest BCUT2D eigenvalue weighted by atomic mass is 32.2. The van der Waals surface area contributed by atoms with Crippen LogP contribution in [0.25, 0.3) is 0 Å². The molecule has 3 heterocycles. The highest BCUT2D eigenvalue weighted by molar-refractivity contribution is 8.03. The van der Waals surface area contributed by atoms with Crippen LogP contribution in [-0.2, 0) is 14.4 Å². The topological polar surface area (TPSA) is 90.0 Å². The van der Waals surface area contributed by atoms with E-state index in [-0.39, 0.29) is 52.6 Å². The summed E-state index contributed by atoms with van der Waals surface area (Å²) in [6.07, 6.45) is 0.664. The molecule has 0 radical (unpaired) electrons. The second-order valence-corrected chi connectivity index (χ2v) is 9.29. The molecule has 0 spiro atoms. The van der Waals surface area contributed by atoms with E-state index in [9.17, 15) is 19.5 Å². The third kappa shape index (κ3) is 2.93. The van der Waals surface area contributed by atoms with Crippen molar-refractivity contribution in [1.82, 2.24) is 15.1 Å². The predicted molar refractivity (Wildman–Crippen MR) is 99.3 cm³/mol. The molecule has 5 atom stereocenters. The summed E-state index contributed by atoms with van der Waals surface area (Å²) < 4.78 is 0. The number of fused-ring (bicyclic) bond motifs is 1. The number of carbonyl (C=O) groups is 3. The number of amides is 2. The Kier molecular flexibility index (Phi) is 5.09. The molecule has 0 aliphatic carbocycles. The summed E-state index contributed by atoms with van der Waals surface area (Å²) in [5, 5.41) is 13.1. The monoisotopic (exact) mass is 381 g/mol. The Labute approximate surface area is 158 Å². The summed E-state index contributed by atoms with van der Waals surface area (Å²) in [5.41, 5.74) is 0.150. The summed E-state index contributed by atoms with van der Waals surface area (Å²) in [6, 6.07) is -0.278. The van der Waals surface area contributed by atoms with Crippen LogP contribution < -0.4 is 5.32 Å². The van der Waals surface area contributed by atoms with Gasteiger partial charge in [0, 0.05) is 36.7 Å². The van der Waals surface area contributed by atoms with Gasteiger partial charge in [-0.1, -0.05) is 20.8 Å². The number of rotatable bonds is 5. The lowest BCUT2D eigenvalue weighted by Crippen LogP contribution is -2.62. The minimum Gasteiger partial charge on any atom is -0.477 e. The molecule has 2 N–H and O–H groups in total. The van der Waals surface area contributed by atoms with Gasteiger partial charge in [-0.2, -0.15) is 0 Å². The molecule has 26 heavy (non-hydrogen) atoms. The van der Waals surface area contributed by atoms with E-state index >= 15 is 0 Å². The highest BCUT2D eigenvalue weighted by Gasteiger charge is 2.59. The van der Waals surface area contributed by atoms with Crippen LogP contribution in [0.15, 0.2) is 10.6 Å². The van der Waals surface area contributed by atoms with Gasteiger partial charge in [-0.3, -0.25) is 9.59 Å². The van der Waals surface area contributed by atoms with Gasteiger partial charge in [0.15, 0.2) is 0 Å². The van der Waals surface area contributed by atoms with E-state index in [4.69, 9.17) is 0 Å². The lowest BCUT2D eigenvalue weighted by Gasteiger charge is -2.47. The van der Waals surface area contributed by atoms with Crippen LogP contribution in [0, 0.1) is 17.8 Å². The van der Waals surface area contributed by atoms with Gasteiger partial charge in [-0.15, -0.1) is 11.8 Å². The van der Waals surface area contributed by atoms with Crippen molar-refractivity contribution >= 4 is 29.5 Å². The number of aliphatic carboxylic acids is 1. The molecular weight excluding hydrogens is 354 g/mol. The van der Waals surface area contributed by atoms with Gasteiger partial charge in [0.25, 0.3) is 0 Å². The van der Waals surface area contributed by atoms with E-state index in [0.29, 0.717) is 13.0 Å². The van der Waals surface area contributed by atoms with E-state index in [1.54, 1.807) is 19.0 Å². The zero-order valence-corrected chi connectivity index (χ0v) is 16.7. The minimum absolute atomic E-state index is 0.0137. The number of hydrogen-bond acceptors (Lipinski definition) is 5. The van der Waals surface area contributed by atoms with E-state index in [0.717, 1.165) is 4.91 Å². The summed E-state index contributed by atoms with van der Waals surface area (Å²) in [4.78, 5) is 40.3. The molecule has 0 aromatic carbocycles. The molecule has 2 saturated heterocycles. The van der Waals surface area contributed by atoms with Gasteiger partial charge < -0.3 is 20.2 Å². The third-order valence-electron chi connectivity index (χ3n) is 5.63. The number of carboxylic acid groups (broad SMARTS) is 1. The van der Waals surface area contributed by atoms with Crippen molar-refractivity contribution in [3.05, 3.63) is 10.6 Å². The van der Waals surface area contributed by atoms with Crippen molar-refractivity contribution < 1.29 is 19.5 Å². The van der Waals surface area contributed by atoms with Gasteiger partial charge in [0.05, 0.1) is 18.0 Å². The predicted octanol–water partition coefficient (Wildman–Crippen LogP) is 0.967. The Morgan fingerprint density at radius 3 is 2.54 bits per heavy atom. The van der Waals surface area contributed by atoms with Gasteiger partial charge in [-0.25, -0.2) is 4.79 Å². The van der Waals surface area contributed by atoms with E-state index < -0.39 is 5.97 Å². The van der Waals surface area contributed by atoms with E-state index in [1.165, 1.54) is 16.7 Å². The molecule has 0 aromatic heterocycles. The van der Waals surface area contributed by atoms with Crippen molar-refractivity contribution in [3.63, 3.8) is 0 Å². The second-order valence-electron chi connectivity index (χ2n) is 7.94. The van der Waals surface area contributed by atoms with Gasteiger partial charge in [0.2, 0.25) is 11.8 Å². The molecular formula is C18H27N3O4S. The molecule has 144 valence electrons. The quantitative estimate of drug-likeness (QED) is 0.690. The summed E-state index contributed by atoms with van der Waals surface area (Å²) in [7, 11) is 3.47. The first-order chi connectivity index (χ1) is 12.1. The van der Waals surface area contributed by atoms with Crippen LogP contribution in [-0.4, -0.2) is 70.7 Å². The van der Waals surface area contributed by atoms with Crippen LogP contribution in [0.4, 0.5) is 0 Å². The molecule has 0 bridgehead atoms. The Bertz CT molecular complexity index is 675. The average Bonchev–Trinajstić information content (AvgIpc) is 3.09. The lowest BCUT2D eigenvalue weighted by atomic mass is 9.75. The maximum Gasteiger partial charge on any atom is 0.353 e. The molecule has 0 unspecified atom stereocenters.